The average Bonchev–Trinajstić information content (AvgIpc) is 2.97. The van der Waals surface area contributed by atoms with Crippen molar-refractivity contribution in [3.05, 3.63) is 105 Å². The van der Waals surface area contributed by atoms with Crippen molar-refractivity contribution in [2.45, 2.75) is 12.6 Å². The third kappa shape index (κ3) is 4.65. The minimum absolute atomic E-state index is 0.0877. The van der Waals surface area contributed by atoms with Crippen LogP contribution in [0.1, 0.15) is 28.3 Å². The number of nitrogens with zero attached hydrogens (tertiary/aromatic N) is 2. The number of piperazine rings is 1. The van der Waals surface area contributed by atoms with Crippen molar-refractivity contribution in [1.82, 2.24) is 9.80 Å². The second-order valence-electron chi connectivity index (χ2n) is 8.36. The number of hydrogen-bond donors (Lipinski definition) is 0. The number of rotatable bonds is 4. The van der Waals surface area contributed by atoms with E-state index in [9.17, 15) is 4.39 Å². The fraction of sp³-hybridized carbons (Fsp3) is 0.259. The van der Waals surface area contributed by atoms with Gasteiger partial charge in [0, 0.05) is 48.8 Å². The van der Waals surface area contributed by atoms with Crippen LogP contribution in [0, 0.1) is 5.82 Å². The van der Waals surface area contributed by atoms with Crippen LogP contribution in [-0.4, -0.2) is 42.5 Å². The largest absolute Gasteiger partial charge is 0.488 e. The quantitative estimate of drug-likeness (QED) is 0.450. The maximum atomic E-state index is 13.9. The average molecular weight is 493 g/mol. The van der Waals surface area contributed by atoms with Gasteiger partial charge in [-0.2, -0.15) is 0 Å². The molecule has 2 aliphatic rings. The first-order valence-electron chi connectivity index (χ1n) is 11.1. The van der Waals surface area contributed by atoms with E-state index in [1.807, 2.05) is 12.1 Å². The molecule has 3 aromatic rings. The molecule has 0 amide bonds. The maximum absolute atomic E-state index is 13.9. The molecule has 1 saturated heterocycles. The molecule has 5 heteroatoms. The normalized spacial score (nSPS) is 19.2. The molecule has 3 nitrogen and oxygen atoms in total. The Hall–Kier alpha value is -2.47. The molecule has 164 valence electrons. The topological polar surface area (TPSA) is 15.7 Å². The van der Waals surface area contributed by atoms with E-state index in [-0.39, 0.29) is 11.9 Å². The summed E-state index contributed by atoms with van der Waals surface area (Å²) in [6.45, 7) is 5.34. The van der Waals surface area contributed by atoms with E-state index in [0.29, 0.717) is 12.4 Å². The van der Waals surface area contributed by atoms with Crippen LogP contribution in [0.4, 0.5) is 4.39 Å². The van der Waals surface area contributed by atoms with E-state index >= 15 is 0 Å². The minimum Gasteiger partial charge on any atom is -0.488 e. The van der Waals surface area contributed by atoms with Crippen LogP contribution in [0.3, 0.4) is 0 Å². The zero-order valence-electron chi connectivity index (χ0n) is 17.9. The Balaban J connectivity index is 1.30. The molecule has 0 N–H and O–H groups in total. The molecule has 1 unspecified atom stereocenters. The third-order valence-electron chi connectivity index (χ3n) is 6.32. The van der Waals surface area contributed by atoms with E-state index in [1.54, 1.807) is 6.07 Å². The van der Waals surface area contributed by atoms with E-state index in [1.165, 1.54) is 22.8 Å². The zero-order valence-corrected chi connectivity index (χ0v) is 19.5. The standard InChI is InChI=1S/C27H26BrFN2O/c28-22-9-7-20(8-10-22)4-3-13-30-14-16-31(17-15-30)27-24-6-2-1-5-21(24)19-32-26-18-23(29)11-12-25(26)27/h1-12,18,27H,13-17,19H2/b4-3+. The van der Waals surface area contributed by atoms with Gasteiger partial charge < -0.3 is 4.74 Å². The first-order valence-corrected chi connectivity index (χ1v) is 11.9. The first-order chi connectivity index (χ1) is 15.7. The summed E-state index contributed by atoms with van der Waals surface area (Å²) in [6, 6.07) is 21.9. The zero-order chi connectivity index (χ0) is 21.9. The third-order valence-corrected chi connectivity index (χ3v) is 6.85. The van der Waals surface area contributed by atoms with Crippen LogP contribution >= 0.6 is 15.9 Å². The minimum atomic E-state index is -0.254. The molecule has 3 aromatic carbocycles. The van der Waals surface area contributed by atoms with Crippen molar-refractivity contribution in [1.29, 1.82) is 0 Å². The summed E-state index contributed by atoms with van der Waals surface area (Å²) in [7, 11) is 0. The second kappa shape index (κ2) is 9.57. The Morgan fingerprint density at radius 2 is 1.72 bits per heavy atom. The van der Waals surface area contributed by atoms with Gasteiger partial charge in [0.2, 0.25) is 0 Å². The molecule has 0 aromatic heterocycles. The smallest absolute Gasteiger partial charge is 0.127 e. The molecular formula is C27H26BrFN2O. The number of halogens is 2. The lowest BCUT2D eigenvalue weighted by atomic mass is 9.93. The summed E-state index contributed by atoms with van der Waals surface area (Å²) in [5, 5.41) is 0. The number of ether oxygens (including phenoxy) is 1. The lowest BCUT2D eigenvalue weighted by Crippen LogP contribution is -2.47. The van der Waals surface area contributed by atoms with Gasteiger partial charge in [-0.25, -0.2) is 4.39 Å². The van der Waals surface area contributed by atoms with Crippen molar-refractivity contribution < 1.29 is 9.13 Å². The van der Waals surface area contributed by atoms with Gasteiger partial charge in [-0.3, -0.25) is 9.80 Å². The van der Waals surface area contributed by atoms with Gasteiger partial charge in [0.25, 0.3) is 0 Å². The molecule has 0 saturated carbocycles. The van der Waals surface area contributed by atoms with Crippen LogP contribution in [0.15, 0.2) is 77.3 Å². The molecule has 1 fully saturated rings. The summed E-state index contributed by atoms with van der Waals surface area (Å²) in [6.07, 6.45) is 4.42. The summed E-state index contributed by atoms with van der Waals surface area (Å²) >= 11 is 3.48. The fourth-order valence-corrected chi connectivity index (χ4v) is 4.89. The lowest BCUT2D eigenvalue weighted by molar-refractivity contribution is 0.117. The SMILES string of the molecule is Fc1ccc2c(c1)OCc1ccccc1C2N1CCN(C/C=C/c2ccc(Br)cc2)CC1. The van der Waals surface area contributed by atoms with Crippen LogP contribution in [0.5, 0.6) is 5.75 Å². The Morgan fingerprint density at radius 3 is 2.53 bits per heavy atom. The molecular weight excluding hydrogens is 467 g/mol. The molecule has 0 radical (unpaired) electrons. The van der Waals surface area contributed by atoms with Crippen molar-refractivity contribution in [2.24, 2.45) is 0 Å². The first kappa shape index (κ1) is 21.4. The van der Waals surface area contributed by atoms with Gasteiger partial charge in [-0.15, -0.1) is 0 Å². The number of benzene rings is 3. The molecule has 2 heterocycles. The molecule has 1 atom stereocenters. The fourth-order valence-electron chi connectivity index (χ4n) is 4.62. The molecule has 0 aliphatic carbocycles. The summed E-state index contributed by atoms with van der Waals surface area (Å²) < 4.78 is 21.0. The Kier molecular flexibility index (Phi) is 6.39. The van der Waals surface area contributed by atoms with E-state index in [4.69, 9.17) is 4.74 Å². The van der Waals surface area contributed by atoms with Crippen LogP contribution in [0.25, 0.3) is 6.08 Å². The van der Waals surface area contributed by atoms with E-state index in [0.717, 1.165) is 42.8 Å². The highest BCUT2D eigenvalue weighted by molar-refractivity contribution is 9.10. The Bertz CT molecular complexity index is 1110. The number of fused-ring (bicyclic) bond motifs is 2. The van der Waals surface area contributed by atoms with Gasteiger partial charge >= 0.3 is 0 Å². The van der Waals surface area contributed by atoms with Crippen molar-refractivity contribution >= 4 is 22.0 Å². The molecule has 0 bridgehead atoms. The summed E-state index contributed by atoms with van der Waals surface area (Å²) in [4.78, 5) is 5.00. The van der Waals surface area contributed by atoms with Gasteiger partial charge in [0.15, 0.2) is 0 Å². The van der Waals surface area contributed by atoms with Crippen LogP contribution in [-0.2, 0) is 6.61 Å². The highest BCUT2D eigenvalue weighted by Gasteiger charge is 2.31. The molecule has 32 heavy (non-hydrogen) atoms. The van der Waals surface area contributed by atoms with Crippen molar-refractivity contribution in [3.8, 4) is 5.75 Å². The Morgan fingerprint density at radius 1 is 0.938 bits per heavy atom. The van der Waals surface area contributed by atoms with Gasteiger partial charge in [0.1, 0.15) is 18.2 Å². The Labute approximate surface area is 197 Å². The van der Waals surface area contributed by atoms with E-state index < -0.39 is 0 Å². The molecule has 0 spiro atoms. The van der Waals surface area contributed by atoms with Gasteiger partial charge in [-0.1, -0.05) is 70.5 Å². The predicted octanol–water partition coefficient (Wildman–Crippen LogP) is 5.90. The summed E-state index contributed by atoms with van der Waals surface area (Å²) in [5.41, 5.74) is 4.71. The van der Waals surface area contributed by atoms with Crippen LogP contribution in [0.2, 0.25) is 0 Å². The highest BCUT2D eigenvalue weighted by Crippen LogP contribution is 2.40. The number of hydrogen-bond acceptors (Lipinski definition) is 3. The van der Waals surface area contributed by atoms with Gasteiger partial charge in [0.05, 0.1) is 6.04 Å². The monoisotopic (exact) mass is 492 g/mol. The molecule has 2 aliphatic heterocycles. The van der Waals surface area contributed by atoms with Crippen molar-refractivity contribution in [2.75, 3.05) is 32.7 Å². The maximum Gasteiger partial charge on any atom is 0.127 e. The highest BCUT2D eigenvalue weighted by atomic mass is 79.9. The summed E-state index contributed by atoms with van der Waals surface area (Å²) in [5.74, 6) is 0.405. The van der Waals surface area contributed by atoms with Gasteiger partial charge in [-0.05, 0) is 34.9 Å². The lowest BCUT2D eigenvalue weighted by Gasteiger charge is -2.39. The van der Waals surface area contributed by atoms with E-state index in [2.05, 4.69) is 80.3 Å². The van der Waals surface area contributed by atoms with Crippen LogP contribution < -0.4 is 4.74 Å². The predicted molar refractivity (Wildman–Crippen MR) is 130 cm³/mol. The molecule has 5 rings (SSSR count). The van der Waals surface area contributed by atoms with Crippen molar-refractivity contribution in [3.63, 3.8) is 0 Å². The second-order valence-corrected chi connectivity index (χ2v) is 9.28.